The molecule has 1 atom stereocenters. The molecule has 4 rings (SSSR count). The Hall–Kier alpha value is -3.45. The van der Waals surface area contributed by atoms with Gasteiger partial charge in [0.05, 0.1) is 55.8 Å². The molecular weight excluding hydrogens is 408 g/mol. The van der Waals surface area contributed by atoms with Gasteiger partial charge in [-0.05, 0) is 43.7 Å². The fourth-order valence-electron chi connectivity index (χ4n) is 4.35. The molecule has 2 aromatic carbocycles. The highest BCUT2D eigenvalue weighted by Gasteiger charge is 2.42. The molecular formula is C25H27N2O5+. The molecule has 0 saturated carbocycles. The minimum absolute atomic E-state index is 0.102. The third-order valence-corrected chi connectivity index (χ3v) is 6.23. The lowest BCUT2D eigenvalue weighted by atomic mass is 9.97. The zero-order valence-corrected chi connectivity index (χ0v) is 18.5. The Labute approximate surface area is 186 Å². The molecule has 3 aromatic rings. The number of methoxy groups -OCH3 is 1. The van der Waals surface area contributed by atoms with Crippen molar-refractivity contribution in [3.63, 3.8) is 0 Å². The van der Waals surface area contributed by atoms with Gasteiger partial charge in [-0.2, -0.15) is 0 Å². The second kappa shape index (κ2) is 8.96. The third-order valence-electron chi connectivity index (χ3n) is 6.23. The van der Waals surface area contributed by atoms with Gasteiger partial charge in [-0.25, -0.2) is 4.79 Å². The number of carbonyl (C=O) groups is 2. The van der Waals surface area contributed by atoms with Crippen molar-refractivity contribution in [2.45, 2.75) is 19.9 Å². The van der Waals surface area contributed by atoms with Crippen molar-refractivity contribution in [3.8, 4) is 0 Å². The second-order valence-corrected chi connectivity index (χ2v) is 7.89. The molecule has 0 radical (unpaired) electrons. The van der Waals surface area contributed by atoms with E-state index in [0.29, 0.717) is 28.6 Å². The molecule has 1 N–H and O–H groups in total. The van der Waals surface area contributed by atoms with Gasteiger partial charge in [0.1, 0.15) is 5.58 Å². The smallest absolute Gasteiger partial charge is 0.337 e. The minimum Gasteiger partial charge on any atom is -0.465 e. The van der Waals surface area contributed by atoms with Crippen LogP contribution in [0.25, 0.3) is 11.0 Å². The molecule has 1 aliphatic rings. The summed E-state index contributed by atoms with van der Waals surface area (Å²) in [6, 6.07) is 13.3. The Morgan fingerprint density at radius 1 is 1.06 bits per heavy atom. The summed E-state index contributed by atoms with van der Waals surface area (Å²) in [5.41, 5.74) is 1.72. The SMILES string of the molecule is CC[NH+](CC)CCN1C(=O)c2oc3ccccc3c(=O)c2[C@@H]1c1ccc(C(=O)OC)cc1. The number of amides is 1. The summed E-state index contributed by atoms with van der Waals surface area (Å²) < 4.78 is 10.7. The van der Waals surface area contributed by atoms with Crippen LogP contribution in [0.2, 0.25) is 0 Å². The summed E-state index contributed by atoms with van der Waals surface area (Å²) in [7, 11) is 1.33. The lowest BCUT2D eigenvalue weighted by molar-refractivity contribution is -0.895. The Morgan fingerprint density at radius 2 is 1.75 bits per heavy atom. The third kappa shape index (κ3) is 3.69. The van der Waals surface area contributed by atoms with Gasteiger partial charge in [0.15, 0.2) is 5.43 Å². The van der Waals surface area contributed by atoms with Crippen LogP contribution < -0.4 is 10.3 Å². The van der Waals surface area contributed by atoms with Crippen LogP contribution in [0.4, 0.5) is 0 Å². The molecule has 0 bridgehead atoms. The molecule has 0 fully saturated rings. The maximum absolute atomic E-state index is 13.4. The topological polar surface area (TPSA) is 81.3 Å². The van der Waals surface area contributed by atoms with Crippen LogP contribution in [-0.4, -0.2) is 50.1 Å². The van der Waals surface area contributed by atoms with E-state index in [1.165, 1.54) is 12.0 Å². The molecule has 0 spiro atoms. The quantitative estimate of drug-likeness (QED) is 0.575. The first-order chi connectivity index (χ1) is 15.5. The molecule has 1 aliphatic heterocycles. The van der Waals surface area contributed by atoms with Crippen LogP contribution >= 0.6 is 0 Å². The van der Waals surface area contributed by atoms with Gasteiger partial charge in [-0.3, -0.25) is 9.59 Å². The van der Waals surface area contributed by atoms with Crippen molar-refractivity contribution in [1.29, 1.82) is 0 Å². The van der Waals surface area contributed by atoms with Crippen LogP contribution in [0, 0.1) is 0 Å². The van der Waals surface area contributed by atoms with Crippen molar-refractivity contribution in [1.82, 2.24) is 4.90 Å². The van der Waals surface area contributed by atoms with E-state index in [0.717, 1.165) is 25.2 Å². The van der Waals surface area contributed by atoms with E-state index in [2.05, 4.69) is 13.8 Å². The standard InChI is InChI=1S/C25H26N2O5/c1-4-26(5-2)14-15-27-21(16-10-12-17(13-11-16)25(30)31-3)20-22(28)18-8-6-7-9-19(18)32-23(20)24(27)29/h6-13,21H,4-5,14-15H2,1-3H3/p+1/t21-/m0/s1. The van der Waals surface area contributed by atoms with E-state index in [9.17, 15) is 14.4 Å². The maximum atomic E-state index is 13.4. The molecule has 32 heavy (non-hydrogen) atoms. The van der Waals surface area contributed by atoms with Gasteiger partial charge in [0.2, 0.25) is 5.76 Å². The molecule has 2 heterocycles. The summed E-state index contributed by atoms with van der Waals surface area (Å²) in [5, 5.41) is 0.450. The predicted octanol–water partition coefficient (Wildman–Crippen LogP) is 2.05. The molecule has 1 aromatic heterocycles. The Morgan fingerprint density at radius 3 is 2.41 bits per heavy atom. The Balaban J connectivity index is 1.83. The molecule has 0 saturated heterocycles. The van der Waals surface area contributed by atoms with Crippen molar-refractivity contribution >= 4 is 22.8 Å². The van der Waals surface area contributed by atoms with E-state index < -0.39 is 12.0 Å². The van der Waals surface area contributed by atoms with Gasteiger partial charge in [0, 0.05) is 0 Å². The number of likely N-dealkylation sites (N-methyl/N-ethyl adjacent to an activating group) is 1. The number of hydrogen-bond donors (Lipinski definition) is 1. The fourth-order valence-corrected chi connectivity index (χ4v) is 4.35. The number of para-hydroxylation sites is 1. The normalized spacial score (nSPS) is 15.4. The van der Waals surface area contributed by atoms with Crippen LogP contribution in [0.15, 0.2) is 57.7 Å². The first-order valence-corrected chi connectivity index (χ1v) is 10.9. The number of nitrogens with zero attached hydrogens (tertiary/aromatic N) is 1. The number of ether oxygens (including phenoxy) is 1. The lowest BCUT2D eigenvalue weighted by Crippen LogP contribution is -3.12. The fraction of sp³-hybridized carbons (Fsp3) is 0.320. The molecule has 0 unspecified atom stereocenters. The lowest BCUT2D eigenvalue weighted by Gasteiger charge is -2.26. The first kappa shape index (κ1) is 21.8. The number of benzene rings is 2. The van der Waals surface area contributed by atoms with Crippen LogP contribution in [-0.2, 0) is 4.74 Å². The van der Waals surface area contributed by atoms with E-state index in [4.69, 9.17) is 9.15 Å². The van der Waals surface area contributed by atoms with E-state index in [-0.39, 0.29) is 17.1 Å². The number of rotatable bonds is 7. The summed E-state index contributed by atoms with van der Waals surface area (Å²) >= 11 is 0. The number of fused-ring (bicyclic) bond motifs is 2. The van der Waals surface area contributed by atoms with E-state index >= 15 is 0 Å². The van der Waals surface area contributed by atoms with Crippen molar-refractivity contribution in [2.24, 2.45) is 0 Å². The number of quaternary nitrogens is 1. The number of esters is 1. The monoisotopic (exact) mass is 435 g/mol. The molecule has 166 valence electrons. The Bertz CT molecular complexity index is 1210. The maximum Gasteiger partial charge on any atom is 0.337 e. The first-order valence-electron chi connectivity index (χ1n) is 10.9. The Kier molecular flexibility index (Phi) is 6.10. The summed E-state index contributed by atoms with van der Waals surface area (Å²) in [6.07, 6.45) is 0. The van der Waals surface area contributed by atoms with Crippen molar-refractivity contribution in [3.05, 3.63) is 81.2 Å². The highest BCUT2D eigenvalue weighted by Crippen LogP contribution is 2.37. The molecule has 0 aliphatic carbocycles. The van der Waals surface area contributed by atoms with Gasteiger partial charge in [-0.15, -0.1) is 0 Å². The average molecular weight is 436 g/mol. The van der Waals surface area contributed by atoms with Crippen LogP contribution in [0.3, 0.4) is 0 Å². The molecule has 1 amide bonds. The predicted molar refractivity (Wildman–Crippen MR) is 120 cm³/mol. The van der Waals surface area contributed by atoms with Crippen molar-refractivity contribution < 1.29 is 23.6 Å². The summed E-state index contributed by atoms with van der Waals surface area (Å²) in [6.45, 7) is 7.37. The largest absolute Gasteiger partial charge is 0.465 e. The molecule has 7 heteroatoms. The summed E-state index contributed by atoms with van der Waals surface area (Å²) in [4.78, 5) is 41.8. The van der Waals surface area contributed by atoms with Gasteiger partial charge in [0.25, 0.3) is 5.91 Å². The molecule has 7 nitrogen and oxygen atoms in total. The van der Waals surface area contributed by atoms with Crippen LogP contribution in [0.5, 0.6) is 0 Å². The number of hydrogen-bond acceptors (Lipinski definition) is 5. The minimum atomic E-state index is -0.569. The zero-order chi connectivity index (χ0) is 22.8. The highest BCUT2D eigenvalue weighted by atomic mass is 16.5. The van der Waals surface area contributed by atoms with Crippen LogP contribution in [0.1, 0.15) is 51.9 Å². The average Bonchev–Trinajstić information content (AvgIpc) is 3.11. The second-order valence-electron chi connectivity index (χ2n) is 7.89. The zero-order valence-electron chi connectivity index (χ0n) is 18.5. The van der Waals surface area contributed by atoms with E-state index in [1.54, 1.807) is 53.4 Å². The highest BCUT2D eigenvalue weighted by molar-refractivity contribution is 5.99. The van der Waals surface area contributed by atoms with Gasteiger partial charge in [-0.1, -0.05) is 24.3 Å². The number of carbonyl (C=O) groups excluding carboxylic acids is 2. The summed E-state index contributed by atoms with van der Waals surface area (Å²) in [5.74, 6) is -0.617. The van der Waals surface area contributed by atoms with Gasteiger partial charge < -0.3 is 19.0 Å². The van der Waals surface area contributed by atoms with Gasteiger partial charge >= 0.3 is 5.97 Å². The number of nitrogens with one attached hydrogen (secondary N) is 1. The van der Waals surface area contributed by atoms with Crippen molar-refractivity contribution in [2.75, 3.05) is 33.3 Å². The van der Waals surface area contributed by atoms with E-state index in [1.807, 2.05) is 0 Å².